The van der Waals surface area contributed by atoms with Gasteiger partial charge in [0, 0.05) is 18.8 Å². The van der Waals surface area contributed by atoms with Crippen LogP contribution in [0.5, 0.6) is 0 Å². The minimum Gasteiger partial charge on any atom is -0.351 e. The molecule has 0 radical (unpaired) electrons. The normalized spacial score (nSPS) is 11.2. The molecular weight excluding hydrogens is 361 g/mol. The zero-order chi connectivity index (χ0) is 17.4. The molecule has 25 heavy (non-hydrogen) atoms. The molecule has 8 heteroatoms. The van der Waals surface area contributed by atoms with Crippen molar-refractivity contribution in [1.82, 2.24) is 20.1 Å². The molecule has 2 rings (SSSR count). The number of halogens is 2. The Morgan fingerprint density at radius 3 is 2.40 bits per heavy atom. The van der Waals surface area contributed by atoms with Gasteiger partial charge in [-0.05, 0) is 39.7 Å². The molecule has 0 saturated carbocycles. The fourth-order valence-electron chi connectivity index (χ4n) is 2.53. The average molecular weight is 390 g/mol. The van der Waals surface area contributed by atoms with E-state index in [4.69, 9.17) is 10.7 Å². The summed E-state index contributed by atoms with van der Waals surface area (Å²) in [5, 5.41) is 8.31. The Kier molecular flexibility index (Phi) is 8.34. The van der Waals surface area contributed by atoms with Crippen molar-refractivity contribution in [3.63, 3.8) is 0 Å². The summed E-state index contributed by atoms with van der Waals surface area (Å²) in [6.07, 6.45) is 0. The van der Waals surface area contributed by atoms with Gasteiger partial charge in [-0.25, -0.2) is 9.67 Å². The highest BCUT2D eigenvalue weighted by molar-refractivity contribution is 6.06. The fourth-order valence-corrected chi connectivity index (χ4v) is 2.53. The predicted molar refractivity (Wildman–Crippen MR) is 107 cm³/mol. The minimum absolute atomic E-state index is 0. The summed E-state index contributed by atoms with van der Waals surface area (Å²) in [6, 6.07) is 1.88. The van der Waals surface area contributed by atoms with E-state index in [1.807, 2.05) is 17.7 Å². The molecule has 142 valence electrons. The summed E-state index contributed by atoms with van der Waals surface area (Å²) < 4.78 is 1.91. The number of nitrogens with one attached hydrogen (secondary N) is 1. The topological polar surface area (TPSA) is 85.8 Å². The minimum atomic E-state index is -0.208. The zero-order valence-electron chi connectivity index (χ0n) is 15.7. The third-order valence-electron chi connectivity index (χ3n) is 3.73. The fraction of sp³-hybridized carbons (Fsp3) is 0.588. The lowest BCUT2D eigenvalue weighted by atomic mass is 10.0. The van der Waals surface area contributed by atoms with E-state index in [0.29, 0.717) is 18.7 Å². The summed E-state index contributed by atoms with van der Waals surface area (Å²) >= 11 is 0. The Bertz CT molecular complexity index is 735. The Balaban J connectivity index is 0.00000288. The lowest BCUT2D eigenvalue weighted by Crippen LogP contribution is -2.29. The summed E-state index contributed by atoms with van der Waals surface area (Å²) in [5.41, 5.74) is 8.38. The van der Waals surface area contributed by atoms with E-state index in [1.54, 1.807) is 0 Å². The summed E-state index contributed by atoms with van der Waals surface area (Å²) in [6.45, 7) is 13.2. The molecule has 0 atom stereocenters. The van der Waals surface area contributed by atoms with Gasteiger partial charge in [-0.1, -0.05) is 13.8 Å². The molecule has 0 aliphatic rings. The number of carbonyl (C=O) groups excluding carboxylic acids is 1. The molecule has 0 spiro atoms. The molecule has 0 unspecified atom stereocenters. The van der Waals surface area contributed by atoms with Crippen LogP contribution in [0.2, 0.25) is 0 Å². The lowest BCUT2D eigenvalue weighted by Gasteiger charge is -2.20. The van der Waals surface area contributed by atoms with Crippen molar-refractivity contribution in [1.29, 1.82) is 0 Å². The van der Waals surface area contributed by atoms with Crippen molar-refractivity contribution >= 4 is 41.8 Å². The molecule has 0 aromatic carbocycles. The van der Waals surface area contributed by atoms with Crippen LogP contribution in [-0.2, 0) is 5.54 Å². The summed E-state index contributed by atoms with van der Waals surface area (Å²) in [5.74, 6) is 0.102. The van der Waals surface area contributed by atoms with E-state index in [-0.39, 0.29) is 42.2 Å². The Morgan fingerprint density at radius 1 is 1.32 bits per heavy atom. The third kappa shape index (κ3) is 4.84. The van der Waals surface area contributed by atoms with Gasteiger partial charge in [0.25, 0.3) is 5.91 Å². The van der Waals surface area contributed by atoms with Gasteiger partial charge < -0.3 is 11.1 Å². The Morgan fingerprint density at radius 2 is 1.92 bits per heavy atom. The van der Waals surface area contributed by atoms with Crippen molar-refractivity contribution in [2.45, 2.75) is 53.0 Å². The van der Waals surface area contributed by atoms with Gasteiger partial charge in [0.05, 0.1) is 22.2 Å². The van der Waals surface area contributed by atoms with Crippen LogP contribution in [0, 0.1) is 6.92 Å². The van der Waals surface area contributed by atoms with E-state index in [1.165, 1.54) is 0 Å². The van der Waals surface area contributed by atoms with Crippen LogP contribution in [0.3, 0.4) is 0 Å². The van der Waals surface area contributed by atoms with Crippen LogP contribution in [0.25, 0.3) is 11.0 Å². The maximum atomic E-state index is 12.6. The SMILES string of the molecule is Cc1nn(C(C)(C)C)c2nc(C(C)C)cc(C(=O)NCCN)c12.Cl.Cl. The Labute approximate surface area is 161 Å². The number of nitrogens with zero attached hydrogens (tertiary/aromatic N) is 3. The van der Waals surface area contributed by atoms with Gasteiger partial charge in [-0.2, -0.15) is 5.10 Å². The van der Waals surface area contributed by atoms with Crippen LogP contribution in [0.4, 0.5) is 0 Å². The number of rotatable bonds is 4. The van der Waals surface area contributed by atoms with E-state index >= 15 is 0 Å². The molecule has 6 nitrogen and oxygen atoms in total. The molecule has 0 saturated heterocycles. The van der Waals surface area contributed by atoms with Gasteiger partial charge in [-0.3, -0.25) is 4.79 Å². The quantitative estimate of drug-likeness (QED) is 0.840. The van der Waals surface area contributed by atoms with E-state index < -0.39 is 0 Å². The van der Waals surface area contributed by atoms with Crippen molar-refractivity contribution in [3.8, 4) is 0 Å². The molecule has 0 aliphatic heterocycles. The van der Waals surface area contributed by atoms with Gasteiger partial charge in [0.15, 0.2) is 5.65 Å². The molecule has 2 aromatic heterocycles. The second kappa shape index (κ2) is 8.83. The number of carbonyl (C=O) groups is 1. The molecule has 0 aliphatic carbocycles. The number of fused-ring (bicyclic) bond motifs is 1. The number of pyridine rings is 1. The number of aromatic nitrogens is 3. The first kappa shape index (κ1) is 23.6. The first-order chi connectivity index (χ1) is 10.7. The van der Waals surface area contributed by atoms with Crippen LogP contribution >= 0.6 is 24.8 Å². The zero-order valence-corrected chi connectivity index (χ0v) is 17.3. The number of aryl methyl sites for hydroxylation is 1. The maximum Gasteiger partial charge on any atom is 0.252 e. The Hall–Kier alpha value is -1.37. The standard InChI is InChI=1S/C17H27N5O.2ClH/c1-10(2)13-9-12(16(23)19-8-7-18)14-11(3)21-22(15(14)20-13)17(4,5)6;;/h9-10H,7-8,18H2,1-6H3,(H,19,23);2*1H. The highest BCUT2D eigenvalue weighted by atomic mass is 35.5. The predicted octanol–water partition coefficient (Wildman–Crippen LogP) is 3.15. The van der Waals surface area contributed by atoms with Crippen molar-refractivity contribution in [3.05, 3.63) is 23.0 Å². The number of amides is 1. The lowest BCUT2D eigenvalue weighted by molar-refractivity contribution is 0.0956. The second-order valence-corrected chi connectivity index (χ2v) is 7.16. The number of nitrogens with two attached hydrogens (primary N) is 1. The van der Waals surface area contributed by atoms with E-state index in [9.17, 15) is 4.79 Å². The van der Waals surface area contributed by atoms with Crippen LogP contribution in [-0.4, -0.2) is 33.8 Å². The highest BCUT2D eigenvalue weighted by Crippen LogP contribution is 2.28. The molecule has 2 aromatic rings. The molecule has 0 fully saturated rings. The first-order valence-corrected chi connectivity index (χ1v) is 8.05. The van der Waals surface area contributed by atoms with Crippen LogP contribution in [0.1, 0.15) is 62.3 Å². The molecular formula is C17H29Cl2N5O. The van der Waals surface area contributed by atoms with Crippen molar-refractivity contribution < 1.29 is 4.79 Å². The third-order valence-corrected chi connectivity index (χ3v) is 3.73. The smallest absolute Gasteiger partial charge is 0.252 e. The van der Waals surface area contributed by atoms with E-state index in [0.717, 1.165) is 22.4 Å². The molecule has 1 amide bonds. The number of hydrogen-bond acceptors (Lipinski definition) is 4. The van der Waals surface area contributed by atoms with Crippen LogP contribution in [0.15, 0.2) is 6.07 Å². The molecule has 3 N–H and O–H groups in total. The van der Waals surface area contributed by atoms with Crippen LogP contribution < -0.4 is 11.1 Å². The molecule has 2 heterocycles. The maximum absolute atomic E-state index is 12.6. The largest absolute Gasteiger partial charge is 0.351 e. The van der Waals surface area contributed by atoms with Gasteiger partial charge in [0.2, 0.25) is 0 Å². The van der Waals surface area contributed by atoms with E-state index in [2.05, 4.69) is 45.0 Å². The van der Waals surface area contributed by atoms with Crippen molar-refractivity contribution in [2.24, 2.45) is 5.73 Å². The monoisotopic (exact) mass is 389 g/mol. The van der Waals surface area contributed by atoms with Crippen molar-refractivity contribution in [2.75, 3.05) is 13.1 Å². The van der Waals surface area contributed by atoms with Gasteiger partial charge in [0.1, 0.15) is 0 Å². The highest BCUT2D eigenvalue weighted by Gasteiger charge is 2.25. The average Bonchev–Trinajstić information content (AvgIpc) is 2.81. The summed E-state index contributed by atoms with van der Waals surface area (Å²) in [7, 11) is 0. The first-order valence-electron chi connectivity index (χ1n) is 8.05. The van der Waals surface area contributed by atoms with Gasteiger partial charge in [-0.15, -0.1) is 24.8 Å². The number of hydrogen-bond donors (Lipinski definition) is 2. The second-order valence-electron chi connectivity index (χ2n) is 7.16. The van der Waals surface area contributed by atoms with Gasteiger partial charge >= 0.3 is 0 Å². The summed E-state index contributed by atoms with van der Waals surface area (Å²) in [4.78, 5) is 17.4. The molecule has 0 bridgehead atoms.